The van der Waals surface area contributed by atoms with E-state index < -0.39 is 15.1 Å². The zero-order chi connectivity index (χ0) is 9.61. The standard InChI is InChI=1S/C5H9F3OS2Si/c1-10-5(9)11-3-2-4-12(6,7)8/h2-4H2,1H3. The third-order valence-corrected chi connectivity index (χ3v) is 3.83. The van der Waals surface area contributed by atoms with Crippen LogP contribution in [0.25, 0.3) is 0 Å². The van der Waals surface area contributed by atoms with Gasteiger partial charge in [0, 0.05) is 11.8 Å². The van der Waals surface area contributed by atoms with Crippen LogP contribution in [0.5, 0.6) is 0 Å². The molecule has 0 bridgehead atoms. The third-order valence-electron chi connectivity index (χ3n) is 0.991. The SMILES string of the molecule is CSC(=O)SCCC[Si](F)(F)F. The molecular weight excluding hydrogens is 225 g/mol. The molecule has 0 aliphatic heterocycles. The van der Waals surface area contributed by atoms with E-state index in [2.05, 4.69) is 0 Å². The van der Waals surface area contributed by atoms with Crippen molar-refractivity contribution >= 4 is 37.0 Å². The summed E-state index contributed by atoms with van der Waals surface area (Å²) in [6.07, 6.45) is 1.69. The molecule has 0 aliphatic rings. The Hall–Kier alpha value is 0.377. The molecule has 0 N–H and O–H groups in total. The molecular formula is C5H9F3OS2Si. The highest BCUT2D eigenvalue weighted by Crippen LogP contribution is 2.21. The van der Waals surface area contributed by atoms with Gasteiger partial charge in [-0.1, -0.05) is 23.5 Å². The van der Waals surface area contributed by atoms with Crippen molar-refractivity contribution < 1.29 is 17.1 Å². The molecule has 0 unspecified atom stereocenters. The van der Waals surface area contributed by atoms with Gasteiger partial charge in [0.1, 0.15) is 0 Å². The fourth-order valence-electron chi connectivity index (χ4n) is 0.487. The molecule has 0 saturated heterocycles. The minimum atomic E-state index is -5.37. The monoisotopic (exact) mass is 234 g/mol. The Kier molecular flexibility index (Phi) is 6.11. The summed E-state index contributed by atoms with van der Waals surface area (Å²) >= 11 is 2.00. The van der Waals surface area contributed by atoms with Gasteiger partial charge in [0.05, 0.1) is 0 Å². The lowest BCUT2D eigenvalue weighted by Crippen LogP contribution is -2.14. The van der Waals surface area contributed by atoms with E-state index in [1.54, 1.807) is 6.26 Å². The van der Waals surface area contributed by atoms with Crippen molar-refractivity contribution in [2.75, 3.05) is 12.0 Å². The molecule has 0 amide bonds. The van der Waals surface area contributed by atoms with Gasteiger partial charge in [-0.3, -0.25) is 4.79 Å². The predicted molar refractivity (Wildman–Crippen MR) is 49.9 cm³/mol. The summed E-state index contributed by atoms with van der Waals surface area (Å²) in [5.41, 5.74) is 0. The number of halogens is 3. The van der Waals surface area contributed by atoms with Crippen LogP contribution in [0.2, 0.25) is 6.04 Å². The Morgan fingerprint density at radius 2 is 2.00 bits per heavy atom. The lowest BCUT2D eigenvalue weighted by Gasteiger charge is -2.00. The first-order valence-corrected chi connectivity index (χ1v) is 7.28. The highest BCUT2D eigenvalue weighted by molar-refractivity contribution is 8.38. The second-order valence-corrected chi connectivity index (χ2v) is 5.86. The van der Waals surface area contributed by atoms with E-state index in [-0.39, 0.29) is 16.6 Å². The first-order valence-electron chi connectivity index (χ1n) is 3.23. The van der Waals surface area contributed by atoms with E-state index in [1.165, 1.54) is 0 Å². The van der Waals surface area contributed by atoms with E-state index in [0.29, 0.717) is 0 Å². The zero-order valence-corrected chi connectivity index (χ0v) is 9.11. The molecule has 0 spiro atoms. The first kappa shape index (κ1) is 12.4. The van der Waals surface area contributed by atoms with E-state index in [4.69, 9.17) is 0 Å². The normalized spacial score (nSPS) is 11.7. The topological polar surface area (TPSA) is 17.1 Å². The first-order chi connectivity index (χ1) is 5.45. The zero-order valence-electron chi connectivity index (χ0n) is 6.48. The van der Waals surface area contributed by atoms with Crippen LogP contribution in [-0.2, 0) is 0 Å². The second-order valence-electron chi connectivity index (χ2n) is 2.02. The van der Waals surface area contributed by atoms with Crippen LogP contribution in [0, 0.1) is 0 Å². The fraction of sp³-hybridized carbons (Fsp3) is 0.800. The third kappa shape index (κ3) is 8.47. The summed E-state index contributed by atoms with van der Waals surface area (Å²) in [6.45, 7) is 0. The van der Waals surface area contributed by atoms with Crippen LogP contribution in [-0.4, -0.2) is 25.5 Å². The molecule has 0 aromatic carbocycles. The Morgan fingerprint density at radius 3 is 2.42 bits per heavy atom. The fourth-order valence-corrected chi connectivity index (χ4v) is 2.50. The van der Waals surface area contributed by atoms with Gasteiger partial charge in [0.2, 0.25) is 4.45 Å². The van der Waals surface area contributed by atoms with Crippen molar-refractivity contribution in [2.45, 2.75) is 12.5 Å². The summed E-state index contributed by atoms with van der Waals surface area (Å²) in [4.78, 5) is 10.6. The van der Waals surface area contributed by atoms with Crippen molar-refractivity contribution in [2.24, 2.45) is 0 Å². The Labute approximate surface area is 79.0 Å². The molecule has 12 heavy (non-hydrogen) atoms. The highest BCUT2D eigenvalue weighted by atomic mass is 32.2. The highest BCUT2D eigenvalue weighted by Gasteiger charge is 2.35. The van der Waals surface area contributed by atoms with Gasteiger partial charge in [-0.15, -0.1) is 0 Å². The molecule has 0 aliphatic carbocycles. The van der Waals surface area contributed by atoms with Gasteiger partial charge in [-0.2, -0.15) is 0 Å². The quantitative estimate of drug-likeness (QED) is 0.421. The minimum Gasteiger partial charge on any atom is -0.274 e. The van der Waals surface area contributed by atoms with E-state index in [9.17, 15) is 17.1 Å². The molecule has 0 rings (SSSR count). The van der Waals surface area contributed by atoms with Crippen molar-refractivity contribution in [1.29, 1.82) is 0 Å². The van der Waals surface area contributed by atoms with Crippen LogP contribution < -0.4 is 0 Å². The van der Waals surface area contributed by atoms with Gasteiger partial charge in [-0.25, -0.2) is 12.3 Å². The lowest BCUT2D eigenvalue weighted by atomic mass is 10.6. The van der Waals surface area contributed by atoms with Gasteiger partial charge < -0.3 is 0 Å². The molecule has 0 fully saturated rings. The van der Waals surface area contributed by atoms with Crippen molar-refractivity contribution in [3.8, 4) is 0 Å². The summed E-state index contributed by atoms with van der Waals surface area (Å²) < 4.78 is 35.0. The summed E-state index contributed by atoms with van der Waals surface area (Å²) in [6, 6.07) is -0.665. The van der Waals surface area contributed by atoms with E-state index in [1.807, 2.05) is 0 Å². The average Bonchev–Trinajstić information content (AvgIpc) is 1.96. The maximum atomic E-state index is 11.7. The van der Waals surface area contributed by atoms with Crippen LogP contribution in [0.4, 0.5) is 17.1 Å². The van der Waals surface area contributed by atoms with Crippen LogP contribution in [0.3, 0.4) is 0 Å². The predicted octanol–water partition coefficient (Wildman–Crippen LogP) is 3.44. The second kappa shape index (κ2) is 5.93. The molecule has 0 heterocycles. The number of hydrogen-bond acceptors (Lipinski definition) is 3. The maximum Gasteiger partial charge on any atom is 0.616 e. The van der Waals surface area contributed by atoms with Gasteiger partial charge in [-0.05, 0) is 12.7 Å². The molecule has 7 heteroatoms. The Balaban J connectivity index is 3.28. The summed E-state index contributed by atoms with van der Waals surface area (Å²) in [5, 5.41) is 0. The average molecular weight is 234 g/mol. The largest absolute Gasteiger partial charge is 0.616 e. The Morgan fingerprint density at radius 1 is 1.42 bits per heavy atom. The number of thioether (sulfide) groups is 2. The number of hydrogen-bond donors (Lipinski definition) is 0. The van der Waals surface area contributed by atoms with Crippen molar-refractivity contribution in [3.63, 3.8) is 0 Å². The smallest absolute Gasteiger partial charge is 0.274 e. The summed E-state index contributed by atoms with van der Waals surface area (Å²) in [5.74, 6) is 0.284. The minimum absolute atomic E-state index is 0.0761. The van der Waals surface area contributed by atoms with Crippen LogP contribution >= 0.6 is 23.5 Å². The van der Waals surface area contributed by atoms with Gasteiger partial charge >= 0.3 is 9.08 Å². The van der Waals surface area contributed by atoms with Crippen LogP contribution in [0.1, 0.15) is 6.42 Å². The molecule has 72 valence electrons. The molecule has 0 aromatic rings. The van der Waals surface area contributed by atoms with Crippen molar-refractivity contribution in [3.05, 3.63) is 0 Å². The number of rotatable bonds is 4. The number of carbonyl (C=O) groups is 1. The Bertz CT molecular complexity index is 150. The summed E-state index contributed by atoms with van der Waals surface area (Å²) in [7, 11) is -5.37. The van der Waals surface area contributed by atoms with Crippen LogP contribution in [0.15, 0.2) is 0 Å². The van der Waals surface area contributed by atoms with E-state index in [0.717, 1.165) is 23.5 Å². The molecule has 1 nitrogen and oxygen atoms in total. The van der Waals surface area contributed by atoms with Gasteiger partial charge in [0.15, 0.2) is 0 Å². The van der Waals surface area contributed by atoms with E-state index >= 15 is 0 Å². The molecule has 0 atom stereocenters. The molecule has 0 aromatic heterocycles. The molecule has 0 radical (unpaired) electrons. The lowest BCUT2D eigenvalue weighted by molar-refractivity contribution is 0.276. The maximum absolute atomic E-state index is 11.7. The van der Waals surface area contributed by atoms with Gasteiger partial charge in [0.25, 0.3) is 0 Å². The number of carbonyl (C=O) groups excluding carboxylic acids is 1. The van der Waals surface area contributed by atoms with Crippen molar-refractivity contribution in [1.82, 2.24) is 0 Å². The molecule has 0 saturated carbocycles.